The summed E-state index contributed by atoms with van der Waals surface area (Å²) < 4.78 is 6.77. The summed E-state index contributed by atoms with van der Waals surface area (Å²) >= 11 is 1.55. The van der Waals surface area contributed by atoms with E-state index in [-0.39, 0.29) is 17.8 Å². The summed E-state index contributed by atoms with van der Waals surface area (Å²) in [5.74, 6) is 0.982. The maximum absolute atomic E-state index is 12.5. The SMILES string of the molecule is COC(=O)C1Cc2sc3c(c2C1)C(=O)NCc1nnc(C)n1-3. The zero-order valence-corrected chi connectivity index (χ0v) is 13.0. The summed E-state index contributed by atoms with van der Waals surface area (Å²) in [4.78, 5) is 25.3. The molecule has 1 aliphatic heterocycles. The van der Waals surface area contributed by atoms with Gasteiger partial charge in [-0.05, 0) is 25.3 Å². The lowest BCUT2D eigenvalue weighted by Crippen LogP contribution is -2.23. The predicted molar refractivity (Wildman–Crippen MR) is 78.1 cm³/mol. The van der Waals surface area contributed by atoms with Gasteiger partial charge >= 0.3 is 5.97 Å². The number of fused-ring (bicyclic) bond motifs is 5. The Morgan fingerprint density at radius 1 is 1.41 bits per heavy atom. The molecule has 8 heteroatoms. The summed E-state index contributed by atoms with van der Waals surface area (Å²) in [6.07, 6.45) is 1.18. The number of esters is 1. The number of rotatable bonds is 1. The van der Waals surface area contributed by atoms with E-state index in [1.807, 2.05) is 11.5 Å². The Labute approximate surface area is 130 Å². The fourth-order valence-corrected chi connectivity index (χ4v) is 4.65. The molecule has 1 atom stereocenters. The van der Waals surface area contributed by atoms with Crippen LogP contribution < -0.4 is 5.32 Å². The third kappa shape index (κ3) is 1.73. The molecule has 22 heavy (non-hydrogen) atoms. The van der Waals surface area contributed by atoms with Gasteiger partial charge in [0.15, 0.2) is 5.82 Å². The van der Waals surface area contributed by atoms with Gasteiger partial charge in [-0.25, -0.2) is 0 Å². The molecule has 0 fully saturated rings. The molecule has 1 aliphatic carbocycles. The van der Waals surface area contributed by atoms with Gasteiger partial charge in [0.1, 0.15) is 10.8 Å². The van der Waals surface area contributed by atoms with Gasteiger partial charge in [-0.1, -0.05) is 0 Å². The molecule has 3 heterocycles. The summed E-state index contributed by atoms with van der Waals surface area (Å²) in [7, 11) is 1.40. The Morgan fingerprint density at radius 2 is 2.23 bits per heavy atom. The van der Waals surface area contributed by atoms with Crippen LogP contribution in [0.3, 0.4) is 0 Å². The van der Waals surface area contributed by atoms with Crippen LogP contribution in [0, 0.1) is 12.8 Å². The van der Waals surface area contributed by atoms with Crippen molar-refractivity contribution in [1.29, 1.82) is 0 Å². The van der Waals surface area contributed by atoms with E-state index in [1.54, 1.807) is 11.3 Å². The molecular formula is C14H14N4O3S. The van der Waals surface area contributed by atoms with Crippen LogP contribution >= 0.6 is 11.3 Å². The van der Waals surface area contributed by atoms with Crippen molar-refractivity contribution in [1.82, 2.24) is 20.1 Å². The molecule has 114 valence electrons. The molecule has 4 rings (SSSR count). The number of carbonyl (C=O) groups excluding carboxylic acids is 2. The van der Waals surface area contributed by atoms with Crippen molar-refractivity contribution < 1.29 is 14.3 Å². The van der Waals surface area contributed by atoms with Crippen LogP contribution in [-0.4, -0.2) is 33.8 Å². The molecule has 0 saturated carbocycles. The van der Waals surface area contributed by atoms with E-state index in [2.05, 4.69) is 15.5 Å². The lowest BCUT2D eigenvalue weighted by molar-refractivity contribution is -0.145. The number of hydrogen-bond donors (Lipinski definition) is 1. The van der Waals surface area contributed by atoms with Gasteiger partial charge in [0.2, 0.25) is 0 Å². The van der Waals surface area contributed by atoms with Crippen LogP contribution in [-0.2, 0) is 28.9 Å². The van der Waals surface area contributed by atoms with Crippen molar-refractivity contribution >= 4 is 23.2 Å². The van der Waals surface area contributed by atoms with E-state index in [4.69, 9.17) is 4.74 Å². The number of ether oxygens (including phenoxy) is 1. The average molecular weight is 318 g/mol. The Balaban J connectivity index is 1.85. The molecule has 0 saturated heterocycles. The Bertz CT molecular complexity index is 807. The Kier molecular flexibility index (Phi) is 2.83. The minimum absolute atomic E-state index is 0.108. The lowest BCUT2D eigenvalue weighted by Gasteiger charge is -2.08. The summed E-state index contributed by atoms with van der Waals surface area (Å²) in [6, 6.07) is 0. The second-order valence-electron chi connectivity index (χ2n) is 5.49. The topological polar surface area (TPSA) is 86.1 Å². The third-order valence-corrected chi connectivity index (χ3v) is 5.46. The van der Waals surface area contributed by atoms with Gasteiger partial charge in [0.25, 0.3) is 5.91 Å². The molecule has 0 aromatic carbocycles. The highest BCUT2D eigenvalue weighted by Crippen LogP contribution is 2.41. The molecule has 1 N–H and O–H groups in total. The molecule has 1 unspecified atom stereocenters. The van der Waals surface area contributed by atoms with Crippen molar-refractivity contribution in [2.75, 3.05) is 7.11 Å². The number of thiophene rings is 1. The van der Waals surface area contributed by atoms with Crippen molar-refractivity contribution in [2.45, 2.75) is 26.3 Å². The van der Waals surface area contributed by atoms with E-state index in [1.165, 1.54) is 7.11 Å². The molecule has 2 aliphatic rings. The molecule has 0 bridgehead atoms. The quantitative estimate of drug-likeness (QED) is 0.785. The van der Waals surface area contributed by atoms with Gasteiger partial charge in [0, 0.05) is 4.88 Å². The second kappa shape index (κ2) is 4.64. The highest BCUT2D eigenvalue weighted by atomic mass is 32.1. The zero-order chi connectivity index (χ0) is 15.4. The van der Waals surface area contributed by atoms with Crippen molar-refractivity contribution in [3.8, 4) is 5.00 Å². The summed E-state index contributed by atoms with van der Waals surface area (Å²) in [6.45, 7) is 2.23. The van der Waals surface area contributed by atoms with Crippen LogP contribution in [0.15, 0.2) is 0 Å². The van der Waals surface area contributed by atoms with E-state index in [0.717, 1.165) is 27.1 Å². The largest absolute Gasteiger partial charge is 0.469 e. The normalized spacial score (nSPS) is 19.0. The zero-order valence-electron chi connectivity index (χ0n) is 12.2. The summed E-state index contributed by atoms with van der Waals surface area (Å²) in [5, 5.41) is 12.0. The first kappa shape index (κ1) is 13.4. The standard InChI is InChI=1S/C14H14N4O3S/c1-6-16-17-10-5-15-12(19)11-8-3-7(14(20)21-2)4-9(8)22-13(11)18(6)10/h7H,3-5H2,1-2H3,(H,15,19). The molecule has 0 spiro atoms. The first-order valence-corrected chi connectivity index (χ1v) is 7.83. The number of amides is 1. The van der Waals surface area contributed by atoms with Crippen LogP contribution in [0.2, 0.25) is 0 Å². The first-order chi connectivity index (χ1) is 10.6. The fraction of sp³-hybridized carbons (Fsp3) is 0.429. The molecule has 7 nitrogen and oxygen atoms in total. The second-order valence-corrected chi connectivity index (χ2v) is 6.58. The maximum atomic E-state index is 12.5. The highest BCUT2D eigenvalue weighted by Gasteiger charge is 2.37. The van der Waals surface area contributed by atoms with Gasteiger partial charge in [-0.2, -0.15) is 0 Å². The number of hydrogen-bond acceptors (Lipinski definition) is 6. The molecule has 0 radical (unpaired) electrons. The number of aromatic nitrogens is 3. The maximum Gasteiger partial charge on any atom is 0.309 e. The number of aryl methyl sites for hydroxylation is 1. The Hall–Kier alpha value is -2.22. The van der Waals surface area contributed by atoms with E-state index < -0.39 is 0 Å². The van der Waals surface area contributed by atoms with Crippen molar-refractivity contribution in [3.05, 3.63) is 27.7 Å². The third-order valence-electron chi connectivity index (χ3n) is 4.22. The van der Waals surface area contributed by atoms with E-state index in [9.17, 15) is 9.59 Å². The minimum Gasteiger partial charge on any atom is -0.469 e. The van der Waals surface area contributed by atoms with Crippen LogP contribution in [0.25, 0.3) is 5.00 Å². The van der Waals surface area contributed by atoms with Gasteiger partial charge in [0.05, 0.1) is 25.1 Å². The smallest absolute Gasteiger partial charge is 0.309 e. The van der Waals surface area contributed by atoms with Crippen LogP contribution in [0.5, 0.6) is 0 Å². The highest BCUT2D eigenvalue weighted by molar-refractivity contribution is 7.15. The average Bonchev–Trinajstić information content (AvgIpc) is 3.13. The number of carbonyl (C=O) groups is 2. The minimum atomic E-state index is -0.215. The molecule has 2 aromatic heterocycles. The fourth-order valence-electron chi connectivity index (χ4n) is 3.18. The van der Waals surface area contributed by atoms with Crippen LogP contribution in [0.4, 0.5) is 0 Å². The molecular weight excluding hydrogens is 304 g/mol. The first-order valence-electron chi connectivity index (χ1n) is 7.02. The lowest BCUT2D eigenvalue weighted by atomic mass is 10.0. The van der Waals surface area contributed by atoms with Gasteiger partial charge < -0.3 is 10.1 Å². The van der Waals surface area contributed by atoms with Crippen molar-refractivity contribution in [2.24, 2.45) is 5.92 Å². The van der Waals surface area contributed by atoms with Crippen LogP contribution in [0.1, 0.15) is 32.4 Å². The van der Waals surface area contributed by atoms with Crippen molar-refractivity contribution in [3.63, 3.8) is 0 Å². The predicted octanol–water partition coefficient (Wildman–Crippen LogP) is 0.768. The Morgan fingerprint density at radius 3 is 3.00 bits per heavy atom. The summed E-state index contributed by atoms with van der Waals surface area (Å²) in [5.41, 5.74) is 1.63. The molecule has 2 aromatic rings. The van der Waals surface area contributed by atoms with Gasteiger partial charge in [-0.3, -0.25) is 14.2 Å². The van der Waals surface area contributed by atoms with E-state index in [0.29, 0.717) is 24.9 Å². The number of methoxy groups -OCH3 is 1. The monoisotopic (exact) mass is 318 g/mol. The molecule has 1 amide bonds. The number of nitrogens with one attached hydrogen (secondary N) is 1. The van der Waals surface area contributed by atoms with Gasteiger partial charge in [-0.15, -0.1) is 21.5 Å². The van der Waals surface area contributed by atoms with E-state index >= 15 is 0 Å². The number of nitrogens with zero attached hydrogens (tertiary/aromatic N) is 3.